The molecule has 0 atom stereocenters. The van der Waals surface area contributed by atoms with Crippen molar-refractivity contribution in [3.63, 3.8) is 0 Å². The number of benzene rings is 2. The van der Waals surface area contributed by atoms with Crippen LogP contribution in [0.2, 0.25) is 0 Å². The zero-order valence-electron chi connectivity index (χ0n) is 12.6. The molecule has 1 aromatic heterocycles. The van der Waals surface area contributed by atoms with Crippen LogP contribution in [0.3, 0.4) is 0 Å². The van der Waals surface area contributed by atoms with Crippen molar-refractivity contribution < 1.29 is 0 Å². The summed E-state index contributed by atoms with van der Waals surface area (Å²) < 4.78 is 1.83. The fourth-order valence-electron chi connectivity index (χ4n) is 2.31. The predicted molar refractivity (Wildman–Crippen MR) is 91.6 cm³/mol. The Labute approximate surface area is 135 Å². The van der Waals surface area contributed by atoms with Gasteiger partial charge in [-0.15, -0.1) is 16.9 Å². The van der Waals surface area contributed by atoms with E-state index in [1.165, 1.54) is 10.5 Å². The van der Waals surface area contributed by atoms with Crippen LogP contribution in [0.4, 0.5) is 0 Å². The highest BCUT2D eigenvalue weighted by Crippen LogP contribution is 2.18. The molecule has 0 saturated heterocycles. The maximum absolute atomic E-state index is 4.26. The van der Waals surface area contributed by atoms with Crippen molar-refractivity contribution in [1.29, 1.82) is 0 Å². The Morgan fingerprint density at radius 2 is 1.73 bits per heavy atom. The van der Waals surface area contributed by atoms with E-state index in [0.717, 1.165) is 30.0 Å². The molecule has 3 rings (SSSR count). The molecule has 3 nitrogen and oxygen atoms in total. The summed E-state index contributed by atoms with van der Waals surface area (Å²) in [4.78, 5) is 1.33. The quantitative estimate of drug-likeness (QED) is 0.640. The van der Waals surface area contributed by atoms with Crippen LogP contribution in [0, 0.1) is 0 Å². The van der Waals surface area contributed by atoms with Crippen LogP contribution >= 0.6 is 11.8 Å². The number of hydrogen-bond acceptors (Lipinski definition) is 3. The normalized spacial score (nSPS) is 10.8. The molecular weight excluding hydrogens is 290 g/mol. The number of aromatic nitrogens is 3. The zero-order valence-corrected chi connectivity index (χ0v) is 13.5. The van der Waals surface area contributed by atoms with Crippen LogP contribution in [0.5, 0.6) is 0 Å². The molecule has 0 N–H and O–H groups in total. The minimum absolute atomic E-state index is 0.910. The molecule has 0 unspecified atom stereocenters. The Morgan fingerprint density at radius 3 is 2.45 bits per heavy atom. The molecule has 2 aromatic carbocycles. The van der Waals surface area contributed by atoms with Gasteiger partial charge in [-0.05, 0) is 48.4 Å². The Morgan fingerprint density at radius 1 is 0.955 bits per heavy atom. The first-order chi connectivity index (χ1) is 10.8. The second kappa shape index (κ2) is 7.27. The van der Waals surface area contributed by atoms with Gasteiger partial charge in [0.1, 0.15) is 0 Å². The first-order valence-corrected chi connectivity index (χ1v) is 8.52. The lowest BCUT2D eigenvalue weighted by atomic mass is 10.1. The fourth-order valence-corrected chi connectivity index (χ4v) is 2.97. The van der Waals surface area contributed by atoms with E-state index in [2.05, 4.69) is 41.5 Å². The lowest BCUT2D eigenvalue weighted by Gasteiger charge is -2.02. The molecular formula is C18H19N3S. The van der Waals surface area contributed by atoms with E-state index in [1.54, 1.807) is 0 Å². The third-order valence-corrected chi connectivity index (χ3v) is 4.36. The first-order valence-electron chi connectivity index (χ1n) is 7.53. The van der Waals surface area contributed by atoms with Gasteiger partial charge >= 0.3 is 0 Å². The van der Waals surface area contributed by atoms with Gasteiger partial charge in [0.2, 0.25) is 0 Å². The van der Waals surface area contributed by atoms with Crippen LogP contribution in [0.15, 0.2) is 65.7 Å². The molecule has 0 aliphatic heterocycles. The van der Waals surface area contributed by atoms with Crippen molar-refractivity contribution in [2.24, 2.45) is 0 Å². The first kappa shape index (κ1) is 14.9. The highest BCUT2D eigenvalue weighted by atomic mass is 32.2. The number of nitrogens with zero attached hydrogens (tertiary/aromatic N) is 3. The third-order valence-electron chi connectivity index (χ3n) is 3.47. The monoisotopic (exact) mass is 309 g/mol. The summed E-state index contributed by atoms with van der Waals surface area (Å²) in [6.07, 6.45) is 3.91. The molecule has 1 heterocycles. The Kier molecular flexibility index (Phi) is 4.91. The second-order valence-corrected chi connectivity index (χ2v) is 6.40. The highest BCUT2D eigenvalue weighted by molar-refractivity contribution is 7.99. The lowest BCUT2D eigenvalue weighted by Crippen LogP contribution is -1.93. The van der Waals surface area contributed by atoms with Crippen molar-refractivity contribution in [2.45, 2.75) is 24.7 Å². The van der Waals surface area contributed by atoms with Crippen LogP contribution in [-0.4, -0.2) is 20.7 Å². The summed E-state index contributed by atoms with van der Waals surface area (Å²) in [7, 11) is 0. The van der Waals surface area contributed by atoms with Crippen molar-refractivity contribution in [3.05, 3.63) is 72.1 Å². The molecule has 0 amide bonds. The average molecular weight is 309 g/mol. The molecule has 0 saturated carbocycles. The van der Waals surface area contributed by atoms with Gasteiger partial charge in [-0.25, -0.2) is 4.68 Å². The summed E-state index contributed by atoms with van der Waals surface area (Å²) in [6, 6.07) is 18.9. The standard InChI is InChI=1S/C18H19N3S/c1-2-22-18-12-9-15(10-13-18)8-11-16-14-21(20-19-16)17-6-4-3-5-7-17/h3-7,9-10,12-14H,2,8,11H2,1H3. The number of aryl methyl sites for hydroxylation is 2. The van der Waals surface area contributed by atoms with Gasteiger partial charge < -0.3 is 0 Å². The topological polar surface area (TPSA) is 30.7 Å². The van der Waals surface area contributed by atoms with E-state index in [4.69, 9.17) is 0 Å². The van der Waals surface area contributed by atoms with E-state index in [-0.39, 0.29) is 0 Å². The summed E-state index contributed by atoms with van der Waals surface area (Å²) >= 11 is 1.87. The van der Waals surface area contributed by atoms with E-state index >= 15 is 0 Å². The van der Waals surface area contributed by atoms with Gasteiger partial charge in [-0.2, -0.15) is 0 Å². The van der Waals surface area contributed by atoms with Crippen molar-refractivity contribution in [1.82, 2.24) is 15.0 Å². The smallest absolute Gasteiger partial charge is 0.0835 e. The van der Waals surface area contributed by atoms with Gasteiger partial charge in [-0.1, -0.05) is 42.5 Å². The van der Waals surface area contributed by atoms with Gasteiger partial charge in [-0.3, -0.25) is 0 Å². The molecule has 112 valence electrons. The van der Waals surface area contributed by atoms with Crippen LogP contribution in [0.25, 0.3) is 5.69 Å². The summed E-state index contributed by atoms with van der Waals surface area (Å²) in [5.41, 5.74) is 3.41. The van der Waals surface area contributed by atoms with Crippen LogP contribution in [-0.2, 0) is 12.8 Å². The molecule has 0 aliphatic carbocycles. The summed E-state index contributed by atoms with van der Waals surface area (Å²) in [5.74, 6) is 1.11. The molecule has 22 heavy (non-hydrogen) atoms. The second-order valence-electron chi connectivity index (χ2n) is 5.07. The van der Waals surface area contributed by atoms with Crippen molar-refractivity contribution in [3.8, 4) is 5.69 Å². The van der Waals surface area contributed by atoms with Gasteiger partial charge in [0, 0.05) is 4.90 Å². The van der Waals surface area contributed by atoms with E-state index < -0.39 is 0 Å². The highest BCUT2D eigenvalue weighted by Gasteiger charge is 2.03. The molecule has 0 aliphatic rings. The van der Waals surface area contributed by atoms with Crippen molar-refractivity contribution in [2.75, 3.05) is 5.75 Å². The summed E-state index contributed by atoms with van der Waals surface area (Å²) in [5, 5.41) is 8.46. The lowest BCUT2D eigenvalue weighted by molar-refractivity contribution is 0.794. The summed E-state index contributed by atoms with van der Waals surface area (Å²) in [6.45, 7) is 2.18. The molecule has 0 fully saturated rings. The fraction of sp³-hybridized carbons (Fsp3) is 0.222. The Bertz CT molecular complexity index is 705. The van der Waals surface area contributed by atoms with Crippen LogP contribution in [0.1, 0.15) is 18.2 Å². The number of thioether (sulfide) groups is 1. The molecule has 0 spiro atoms. The zero-order chi connectivity index (χ0) is 15.2. The maximum atomic E-state index is 4.26. The average Bonchev–Trinajstić information content (AvgIpc) is 3.04. The van der Waals surface area contributed by atoms with Gasteiger partial charge in [0.05, 0.1) is 17.6 Å². The SMILES string of the molecule is CCSc1ccc(CCc2cn(-c3ccccc3)nn2)cc1. The van der Waals surface area contributed by atoms with E-state index in [9.17, 15) is 0 Å². The Hall–Kier alpha value is -2.07. The Balaban J connectivity index is 1.61. The predicted octanol–water partition coefficient (Wildman–Crippen LogP) is 4.16. The minimum Gasteiger partial charge on any atom is -0.220 e. The number of para-hydroxylation sites is 1. The molecule has 3 aromatic rings. The third kappa shape index (κ3) is 3.77. The largest absolute Gasteiger partial charge is 0.220 e. The number of rotatable bonds is 6. The molecule has 4 heteroatoms. The van der Waals surface area contributed by atoms with Crippen LogP contribution < -0.4 is 0 Å². The molecule has 0 bridgehead atoms. The van der Waals surface area contributed by atoms with E-state index in [1.807, 2.05) is 53.0 Å². The van der Waals surface area contributed by atoms with Crippen molar-refractivity contribution >= 4 is 11.8 Å². The number of hydrogen-bond donors (Lipinski definition) is 0. The molecule has 0 radical (unpaired) electrons. The van der Waals surface area contributed by atoms with E-state index in [0.29, 0.717) is 0 Å². The maximum Gasteiger partial charge on any atom is 0.0835 e. The van der Waals surface area contributed by atoms with Gasteiger partial charge in [0.15, 0.2) is 0 Å². The minimum atomic E-state index is 0.910. The van der Waals surface area contributed by atoms with Gasteiger partial charge in [0.25, 0.3) is 0 Å².